The monoisotopic (exact) mass is 453 g/mol. The third-order valence-corrected chi connectivity index (χ3v) is 5.52. The summed E-state index contributed by atoms with van der Waals surface area (Å²) in [5, 5.41) is 3.41. The van der Waals surface area contributed by atoms with Gasteiger partial charge in [0.25, 0.3) is 0 Å². The molecule has 1 saturated heterocycles. The SMILES string of the molecule is O=C(CN1CCCN(Cc2ccc(F)c(Br)c2)CC1)Nc1ccccc1Cl. The fraction of sp³-hybridized carbons (Fsp3) is 0.350. The van der Waals surface area contributed by atoms with Crippen LogP contribution in [0.1, 0.15) is 12.0 Å². The number of nitrogens with zero attached hydrogens (tertiary/aromatic N) is 2. The second-order valence-corrected chi connectivity index (χ2v) is 7.94. The molecule has 3 rings (SSSR count). The maximum atomic E-state index is 13.4. The Balaban J connectivity index is 1.50. The maximum Gasteiger partial charge on any atom is 0.238 e. The van der Waals surface area contributed by atoms with Crippen LogP contribution in [0.3, 0.4) is 0 Å². The lowest BCUT2D eigenvalue weighted by atomic mass is 10.2. The van der Waals surface area contributed by atoms with E-state index in [4.69, 9.17) is 11.6 Å². The van der Waals surface area contributed by atoms with Crippen molar-refractivity contribution >= 4 is 39.1 Å². The number of amides is 1. The van der Waals surface area contributed by atoms with E-state index in [1.54, 1.807) is 12.1 Å². The Morgan fingerprint density at radius 2 is 1.85 bits per heavy atom. The minimum absolute atomic E-state index is 0.0565. The van der Waals surface area contributed by atoms with E-state index in [-0.39, 0.29) is 11.7 Å². The van der Waals surface area contributed by atoms with Crippen LogP contribution in [-0.2, 0) is 11.3 Å². The van der Waals surface area contributed by atoms with Gasteiger partial charge in [-0.25, -0.2) is 4.39 Å². The predicted molar refractivity (Wildman–Crippen MR) is 111 cm³/mol. The van der Waals surface area contributed by atoms with Crippen molar-refractivity contribution in [1.29, 1.82) is 0 Å². The summed E-state index contributed by atoms with van der Waals surface area (Å²) in [6, 6.07) is 12.4. The van der Waals surface area contributed by atoms with Crippen molar-refractivity contribution in [2.75, 3.05) is 38.0 Å². The predicted octanol–water partition coefficient (Wildman–Crippen LogP) is 4.39. The topological polar surface area (TPSA) is 35.6 Å². The lowest BCUT2D eigenvalue weighted by Gasteiger charge is -2.21. The Morgan fingerprint density at radius 1 is 1.11 bits per heavy atom. The minimum Gasteiger partial charge on any atom is -0.324 e. The van der Waals surface area contributed by atoms with Crippen molar-refractivity contribution < 1.29 is 9.18 Å². The summed E-state index contributed by atoms with van der Waals surface area (Å²) in [7, 11) is 0. The maximum absolute atomic E-state index is 13.4. The molecule has 0 saturated carbocycles. The first-order valence-electron chi connectivity index (χ1n) is 8.94. The van der Waals surface area contributed by atoms with Gasteiger partial charge in [-0.1, -0.05) is 29.8 Å². The molecule has 1 fully saturated rings. The summed E-state index contributed by atoms with van der Waals surface area (Å²) in [5.74, 6) is -0.302. The fourth-order valence-corrected chi connectivity index (χ4v) is 3.80. The van der Waals surface area contributed by atoms with Gasteiger partial charge in [0.2, 0.25) is 5.91 Å². The zero-order valence-corrected chi connectivity index (χ0v) is 17.3. The van der Waals surface area contributed by atoms with E-state index in [9.17, 15) is 9.18 Å². The van der Waals surface area contributed by atoms with E-state index in [1.807, 2.05) is 24.3 Å². The standard InChI is InChI=1S/C20H22BrClFN3O/c21-16-12-15(6-7-18(16)23)13-25-8-3-9-26(11-10-25)14-20(27)24-19-5-2-1-4-17(19)22/h1-2,4-7,12H,3,8-11,13-14H2,(H,24,27). The number of nitrogens with one attached hydrogen (secondary N) is 1. The van der Waals surface area contributed by atoms with Crippen LogP contribution in [0.25, 0.3) is 0 Å². The number of halogens is 3. The number of benzene rings is 2. The number of carbonyl (C=O) groups excluding carboxylic acids is 1. The molecule has 1 amide bonds. The van der Waals surface area contributed by atoms with Crippen molar-refractivity contribution in [3.63, 3.8) is 0 Å². The number of anilines is 1. The Labute approximate surface area is 172 Å². The molecule has 1 aliphatic rings. The van der Waals surface area contributed by atoms with E-state index in [0.29, 0.717) is 21.7 Å². The summed E-state index contributed by atoms with van der Waals surface area (Å²) >= 11 is 9.33. The lowest BCUT2D eigenvalue weighted by molar-refractivity contribution is -0.117. The Bertz CT molecular complexity index is 805. The molecule has 27 heavy (non-hydrogen) atoms. The van der Waals surface area contributed by atoms with Crippen LogP contribution in [0.4, 0.5) is 10.1 Å². The first kappa shape index (κ1) is 20.3. The number of hydrogen-bond donors (Lipinski definition) is 1. The molecule has 2 aromatic carbocycles. The fourth-order valence-electron chi connectivity index (χ4n) is 3.19. The highest BCUT2D eigenvalue weighted by atomic mass is 79.9. The lowest BCUT2D eigenvalue weighted by Crippen LogP contribution is -2.36. The van der Waals surface area contributed by atoms with Gasteiger partial charge in [0.15, 0.2) is 0 Å². The van der Waals surface area contributed by atoms with Gasteiger partial charge in [-0.2, -0.15) is 0 Å². The van der Waals surface area contributed by atoms with E-state index in [1.165, 1.54) is 6.07 Å². The first-order valence-corrected chi connectivity index (χ1v) is 10.1. The summed E-state index contributed by atoms with van der Waals surface area (Å²) < 4.78 is 13.9. The molecule has 1 N–H and O–H groups in total. The molecule has 0 spiro atoms. The largest absolute Gasteiger partial charge is 0.324 e. The van der Waals surface area contributed by atoms with Crippen molar-refractivity contribution in [2.24, 2.45) is 0 Å². The summed E-state index contributed by atoms with van der Waals surface area (Å²) in [5.41, 5.74) is 1.72. The number of carbonyl (C=O) groups is 1. The molecule has 2 aromatic rings. The van der Waals surface area contributed by atoms with E-state index in [0.717, 1.165) is 44.7 Å². The normalized spacial score (nSPS) is 16.1. The molecule has 1 aliphatic heterocycles. The second kappa shape index (κ2) is 9.64. The molecule has 0 radical (unpaired) electrons. The first-order chi connectivity index (χ1) is 13.0. The minimum atomic E-state index is -0.245. The van der Waals surface area contributed by atoms with Crippen molar-refractivity contribution in [3.8, 4) is 0 Å². The molecule has 0 aromatic heterocycles. The number of rotatable bonds is 5. The van der Waals surface area contributed by atoms with Gasteiger partial charge < -0.3 is 5.32 Å². The van der Waals surface area contributed by atoms with E-state index in [2.05, 4.69) is 31.0 Å². The molecule has 0 atom stereocenters. The molecule has 0 aliphatic carbocycles. The molecule has 144 valence electrons. The van der Waals surface area contributed by atoms with Crippen LogP contribution >= 0.6 is 27.5 Å². The van der Waals surface area contributed by atoms with E-state index >= 15 is 0 Å². The van der Waals surface area contributed by atoms with Gasteiger partial charge in [0.1, 0.15) is 5.82 Å². The van der Waals surface area contributed by atoms with Gasteiger partial charge in [-0.05, 0) is 65.3 Å². The van der Waals surface area contributed by atoms with Crippen molar-refractivity contribution in [3.05, 3.63) is 63.3 Å². The zero-order chi connectivity index (χ0) is 19.2. The molecule has 0 unspecified atom stereocenters. The van der Waals surface area contributed by atoms with Crippen LogP contribution in [0, 0.1) is 5.82 Å². The highest BCUT2D eigenvalue weighted by molar-refractivity contribution is 9.10. The third kappa shape index (κ3) is 6.01. The molecule has 4 nitrogen and oxygen atoms in total. The van der Waals surface area contributed by atoms with E-state index < -0.39 is 0 Å². The quantitative estimate of drug-likeness (QED) is 0.728. The Morgan fingerprint density at radius 3 is 2.63 bits per heavy atom. The molecular formula is C20H22BrClFN3O. The average Bonchev–Trinajstić information content (AvgIpc) is 2.85. The molecule has 0 bridgehead atoms. The van der Waals surface area contributed by atoms with Gasteiger partial charge in [0, 0.05) is 19.6 Å². The van der Waals surface area contributed by atoms with Crippen molar-refractivity contribution in [1.82, 2.24) is 9.80 Å². The number of para-hydroxylation sites is 1. The smallest absolute Gasteiger partial charge is 0.238 e. The second-order valence-electron chi connectivity index (χ2n) is 6.68. The molecule has 7 heteroatoms. The molecule has 1 heterocycles. The van der Waals surface area contributed by atoms with Crippen LogP contribution in [0.5, 0.6) is 0 Å². The van der Waals surface area contributed by atoms with Crippen LogP contribution in [0.2, 0.25) is 5.02 Å². The highest BCUT2D eigenvalue weighted by Crippen LogP contribution is 2.21. The third-order valence-electron chi connectivity index (χ3n) is 4.59. The number of hydrogen-bond acceptors (Lipinski definition) is 3. The van der Waals surface area contributed by atoms with Gasteiger partial charge >= 0.3 is 0 Å². The average molecular weight is 455 g/mol. The highest BCUT2D eigenvalue weighted by Gasteiger charge is 2.18. The summed E-state index contributed by atoms with van der Waals surface area (Å²) in [4.78, 5) is 16.8. The van der Waals surface area contributed by atoms with Crippen molar-refractivity contribution in [2.45, 2.75) is 13.0 Å². The van der Waals surface area contributed by atoms with Gasteiger partial charge in [-0.15, -0.1) is 0 Å². The van der Waals surface area contributed by atoms with Crippen LogP contribution in [-0.4, -0.2) is 48.4 Å². The zero-order valence-electron chi connectivity index (χ0n) is 14.9. The summed E-state index contributed by atoms with van der Waals surface area (Å²) in [6.45, 7) is 4.64. The van der Waals surface area contributed by atoms with Gasteiger partial charge in [0.05, 0.1) is 21.7 Å². The van der Waals surface area contributed by atoms with Crippen LogP contribution < -0.4 is 5.32 Å². The molecular weight excluding hydrogens is 433 g/mol. The van der Waals surface area contributed by atoms with Crippen LogP contribution in [0.15, 0.2) is 46.9 Å². The summed E-state index contributed by atoms with van der Waals surface area (Å²) in [6.07, 6.45) is 0.988. The Hall–Kier alpha value is -1.47. The van der Waals surface area contributed by atoms with Gasteiger partial charge in [-0.3, -0.25) is 14.6 Å². The Kier molecular flexibility index (Phi) is 7.24.